The zero-order valence-corrected chi connectivity index (χ0v) is 18.5. The molecule has 0 saturated carbocycles. The zero-order chi connectivity index (χ0) is 24.5. The van der Waals surface area contributed by atoms with Gasteiger partial charge in [-0.1, -0.05) is 23.8 Å². The van der Waals surface area contributed by atoms with Crippen molar-refractivity contribution in [3.63, 3.8) is 0 Å². The molecule has 34 heavy (non-hydrogen) atoms. The van der Waals surface area contributed by atoms with Crippen LogP contribution in [0.5, 0.6) is 11.6 Å². The zero-order valence-electron chi connectivity index (χ0n) is 17.6. The van der Waals surface area contributed by atoms with Crippen molar-refractivity contribution in [3.8, 4) is 11.6 Å². The van der Waals surface area contributed by atoms with E-state index in [1.165, 1.54) is 24.3 Å². The Kier molecular flexibility index (Phi) is 6.16. The molecular weight excluding hydrogens is 472 g/mol. The normalized spacial score (nSPS) is 11.5. The summed E-state index contributed by atoms with van der Waals surface area (Å²) in [5.41, 5.74) is 0.617. The number of nitrogens with zero attached hydrogens (tertiary/aromatic N) is 3. The molecule has 0 aliphatic rings. The summed E-state index contributed by atoms with van der Waals surface area (Å²) in [6, 6.07) is 12.9. The number of nitro groups is 1. The van der Waals surface area contributed by atoms with Crippen molar-refractivity contribution in [2.24, 2.45) is 0 Å². The lowest BCUT2D eigenvalue weighted by molar-refractivity contribution is -0.384. The first-order valence-corrected chi connectivity index (χ1v) is 11.3. The third kappa shape index (κ3) is 4.39. The molecule has 176 valence electrons. The Labute approximate surface area is 192 Å². The average Bonchev–Trinajstić information content (AvgIpc) is 3.17. The van der Waals surface area contributed by atoms with Crippen molar-refractivity contribution in [3.05, 3.63) is 88.0 Å². The van der Waals surface area contributed by atoms with E-state index in [1.54, 1.807) is 19.1 Å². The predicted molar refractivity (Wildman–Crippen MR) is 117 cm³/mol. The molecule has 0 unspecified atom stereocenters. The lowest BCUT2D eigenvalue weighted by Crippen LogP contribution is -2.15. The number of hydrogen-bond donors (Lipinski definition) is 0. The summed E-state index contributed by atoms with van der Waals surface area (Å²) in [5, 5.41) is 15.3. The second kappa shape index (κ2) is 9.06. The van der Waals surface area contributed by atoms with Crippen LogP contribution >= 0.6 is 0 Å². The lowest BCUT2D eigenvalue weighted by atomic mass is 10.2. The van der Waals surface area contributed by atoms with Crippen molar-refractivity contribution in [2.75, 3.05) is 13.2 Å². The van der Waals surface area contributed by atoms with Gasteiger partial charge in [-0.2, -0.15) is 8.42 Å². The van der Waals surface area contributed by atoms with Gasteiger partial charge in [-0.15, -0.1) is 9.19 Å². The van der Waals surface area contributed by atoms with Crippen LogP contribution in [0.4, 0.5) is 14.5 Å². The molecular formula is C22H17F2N3O6S. The third-order valence-corrected chi connectivity index (χ3v) is 6.44. The first kappa shape index (κ1) is 23.1. The Morgan fingerprint density at radius 2 is 1.65 bits per heavy atom. The fraction of sp³-hybridized carbons (Fsp3) is 0.136. The molecule has 0 atom stereocenters. The number of rotatable bonds is 8. The molecule has 1 aromatic heterocycles. The standard InChI is InChI=1S/C22H17F2N3O6S/c1-14-5-8-16(9-6-14)34(30,31)26-20-10-7-15(27(28)29)13-17(20)22(25-26)33-12-11-32-21-18(23)3-2-4-19(21)24/h2-10,13H,11-12H2,1H3. The second-order valence-electron chi connectivity index (χ2n) is 7.17. The van der Waals surface area contributed by atoms with E-state index < -0.39 is 32.3 Å². The second-order valence-corrected chi connectivity index (χ2v) is 8.94. The van der Waals surface area contributed by atoms with Crippen molar-refractivity contribution in [2.45, 2.75) is 11.8 Å². The van der Waals surface area contributed by atoms with Crippen LogP contribution in [-0.4, -0.2) is 35.7 Å². The smallest absolute Gasteiger partial charge is 0.283 e. The quantitative estimate of drug-likeness (QED) is 0.207. The number of ether oxygens (including phenoxy) is 2. The molecule has 0 fully saturated rings. The van der Waals surface area contributed by atoms with E-state index in [-0.39, 0.29) is 40.6 Å². The van der Waals surface area contributed by atoms with Crippen LogP contribution in [0.2, 0.25) is 0 Å². The van der Waals surface area contributed by atoms with Gasteiger partial charge in [0.2, 0.25) is 5.88 Å². The maximum Gasteiger partial charge on any atom is 0.283 e. The van der Waals surface area contributed by atoms with Crippen LogP contribution in [0.25, 0.3) is 10.9 Å². The summed E-state index contributed by atoms with van der Waals surface area (Å²) < 4.78 is 65.1. The maximum absolute atomic E-state index is 13.7. The van der Waals surface area contributed by atoms with Crippen LogP contribution in [0.15, 0.2) is 65.6 Å². The van der Waals surface area contributed by atoms with Crippen LogP contribution < -0.4 is 9.47 Å². The van der Waals surface area contributed by atoms with E-state index >= 15 is 0 Å². The van der Waals surface area contributed by atoms with E-state index in [2.05, 4.69) is 5.10 Å². The Bertz CT molecular complexity index is 1470. The molecule has 0 saturated heterocycles. The van der Waals surface area contributed by atoms with Crippen molar-refractivity contribution < 1.29 is 31.6 Å². The van der Waals surface area contributed by atoms with Gasteiger partial charge in [0.25, 0.3) is 15.7 Å². The summed E-state index contributed by atoms with van der Waals surface area (Å²) in [5.74, 6) is -2.59. The summed E-state index contributed by atoms with van der Waals surface area (Å²) in [7, 11) is -4.15. The van der Waals surface area contributed by atoms with Crippen LogP contribution in [-0.2, 0) is 10.0 Å². The van der Waals surface area contributed by atoms with Crippen molar-refractivity contribution in [1.29, 1.82) is 0 Å². The van der Waals surface area contributed by atoms with Gasteiger partial charge < -0.3 is 9.47 Å². The Morgan fingerprint density at radius 3 is 2.29 bits per heavy atom. The minimum absolute atomic E-state index is 0.0363. The Morgan fingerprint density at radius 1 is 1.00 bits per heavy atom. The number of benzene rings is 3. The Balaban J connectivity index is 1.66. The minimum atomic E-state index is -4.15. The monoisotopic (exact) mass is 489 g/mol. The summed E-state index contributed by atoms with van der Waals surface area (Å²) in [6.45, 7) is 1.24. The first-order valence-electron chi connectivity index (χ1n) is 9.87. The van der Waals surface area contributed by atoms with Gasteiger partial charge in [0, 0.05) is 12.1 Å². The number of halogens is 2. The van der Waals surface area contributed by atoms with Gasteiger partial charge in [0.1, 0.15) is 13.2 Å². The molecule has 4 aromatic rings. The van der Waals surface area contributed by atoms with Crippen molar-refractivity contribution >= 4 is 26.6 Å². The molecule has 0 N–H and O–H groups in total. The highest BCUT2D eigenvalue weighted by molar-refractivity contribution is 7.90. The van der Waals surface area contributed by atoms with E-state index in [9.17, 15) is 27.3 Å². The van der Waals surface area contributed by atoms with Gasteiger partial charge in [0.05, 0.1) is 20.7 Å². The van der Waals surface area contributed by atoms with Crippen LogP contribution in [0, 0.1) is 28.7 Å². The highest BCUT2D eigenvalue weighted by Crippen LogP contribution is 2.31. The lowest BCUT2D eigenvalue weighted by Gasteiger charge is -2.08. The molecule has 3 aromatic carbocycles. The van der Waals surface area contributed by atoms with Crippen molar-refractivity contribution in [1.82, 2.24) is 9.19 Å². The Hall–Kier alpha value is -4.06. The number of aromatic nitrogens is 2. The number of aryl methyl sites for hydroxylation is 1. The summed E-state index contributed by atoms with van der Waals surface area (Å²) >= 11 is 0. The topological polar surface area (TPSA) is 114 Å². The minimum Gasteiger partial charge on any atom is -0.484 e. The molecule has 0 aliphatic heterocycles. The fourth-order valence-corrected chi connectivity index (χ4v) is 4.45. The highest BCUT2D eigenvalue weighted by Gasteiger charge is 2.25. The number of nitro benzene ring substituents is 1. The molecule has 1 heterocycles. The van der Waals surface area contributed by atoms with Crippen LogP contribution in [0.3, 0.4) is 0 Å². The van der Waals surface area contributed by atoms with E-state index in [1.807, 2.05) is 0 Å². The molecule has 12 heteroatoms. The highest BCUT2D eigenvalue weighted by atomic mass is 32.2. The maximum atomic E-state index is 13.7. The largest absolute Gasteiger partial charge is 0.484 e. The van der Waals surface area contributed by atoms with Gasteiger partial charge in [-0.05, 0) is 37.3 Å². The molecule has 9 nitrogen and oxygen atoms in total. The molecule has 0 radical (unpaired) electrons. The fourth-order valence-electron chi connectivity index (χ4n) is 3.17. The summed E-state index contributed by atoms with van der Waals surface area (Å²) in [4.78, 5) is 10.5. The van der Waals surface area contributed by atoms with E-state index in [4.69, 9.17) is 9.47 Å². The van der Waals surface area contributed by atoms with Gasteiger partial charge >= 0.3 is 0 Å². The molecule has 0 amide bonds. The SMILES string of the molecule is Cc1ccc(S(=O)(=O)n2nc(OCCOc3c(F)cccc3F)c3cc([N+](=O)[O-])ccc32)cc1. The van der Waals surface area contributed by atoms with E-state index in [0.717, 1.165) is 33.9 Å². The third-order valence-electron chi connectivity index (χ3n) is 4.84. The summed E-state index contributed by atoms with van der Waals surface area (Å²) in [6.07, 6.45) is 0. The number of fused-ring (bicyclic) bond motifs is 1. The van der Waals surface area contributed by atoms with Crippen LogP contribution in [0.1, 0.15) is 5.56 Å². The molecule has 4 rings (SSSR count). The van der Waals surface area contributed by atoms with Gasteiger partial charge in [0.15, 0.2) is 17.4 Å². The first-order chi connectivity index (χ1) is 16.2. The number of non-ortho nitro benzene ring substituents is 1. The van der Waals surface area contributed by atoms with Gasteiger partial charge in [-0.25, -0.2) is 8.78 Å². The molecule has 0 aliphatic carbocycles. The number of hydrogen-bond acceptors (Lipinski definition) is 7. The average molecular weight is 489 g/mol. The van der Waals surface area contributed by atoms with Gasteiger partial charge in [-0.3, -0.25) is 10.1 Å². The predicted octanol–water partition coefficient (Wildman–Crippen LogP) is 4.23. The number of para-hydroxylation sites is 1. The molecule has 0 spiro atoms. The molecule has 0 bridgehead atoms. The van der Waals surface area contributed by atoms with E-state index in [0.29, 0.717) is 0 Å².